The molecule has 0 aromatic heterocycles. The zero-order chi connectivity index (χ0) is 33.1. The molecule has 0 spiro atoms. The summed E-state index contributed by atoms with van der Waals surface area (Å²) < 4.78 is 0. The Balaban J connectivity index is 1.60. The fourth-order valence-electron chi connectivity index (χ4n) is 6.16. The van der Waals surface area contributed by atoms with Crippen molar-refractivity contribution < 1.29 is 10.2 Å². The number of nitrogen functional groups attached to an aromatic ring is 2. The van der Waals surface area contributed by atoms with Gasteiger partial charge in [0.1, 0.15) is 12.2 Å². The maximum Gasteiger partial charge on any atom is 0.106 e. The molecule has 5 aromatic rings. The molecule has 0 amide bonds. The second-order valence-electron chi connectivity index (χ2n) is 13.5. The number of hydrogen-bond donors (Lipinski definition) is 4. The van der Waals surface area contributed by atoms with Crippen LogP contribution in [0.3, 0.4) is 0 Å². The number of nitrogens with two attached hydrogens (primary N) is 2. The maximum absolute atomic E-state index is 11.6. The minimum Gasteiger partial charge on any atom is -0.398 e. The molecule has 6 N–H and O–H groups in total. The van der Waals surface area contributed by atoms with Crippen LogP contribution in [0.2, 0.25) is 0 Å². The van der Waals surface area contributed by atoms with E-state index in [0.29, 0.717) is 40.3 Å². The summed E-state index contributed by atoms with van der Waals surface area (Å²) >= 11 is 0. The Bertz CT molecular complexity index is 1650. The van der Waals surface area contributed by atoms with Gasteiger partial charge in [0.15, 0.2) is 0 Å². The summed E-state index contributed by atoms with van der Waals surface area (Å²) in [5.41, 5.74) is 23.8. The number of rotatable bonds is 10. The molecule has 0 heterocycles. The first-order valence-corrected chi connectivity index (χ1v) is 16.4. The first-order valence-electron chi connectivity index (χ1n) is 16.4. The fourth-order valence-corrected chi connectivity index (χ4v) is 6.16. The van der Waals surface area contributed by atoms with Crippen LogP contribution in [-0.4, -0.2) is 10.2 Å². The molecule has 2 atom stereocenters. The van der Waals surface area contributed by atoms with Gasteiger partial charge in [0, 0.05) is 28.4 Å². The van der Waals surface area contributed by atoms with E-state index in [4.69, 9.17) is 11.5 Å². The summed E-state index contributed by atoms with van der Waals surface area (Å²) in [5.74, 6) is 1.04. The monoisotopic (exact) mass is 612 g/mol. The Kier molecular flexibility index (Phi) is 10.0. The summed E-state index contributed by atoms with van der Waals surface area (Å²) in [4.78, 5) is 0. The predicted octanol–water partition coefficient (Wildman–Crippen LogP) is 9.56. The van der Waals surface area contributed by atoms with Crippen LogP contribution < -0.4 is 11.5 Å². The van der Waals surface area contributed by atoms with Crippen LogP contribution in [0.1, 0.15) is 133 Å². The van der Waals surface area contributed by atoms with E-state index in [-0.39, 0.29) is 5.92 Å². The van der Waals surface area contributed by atoms with Gasteiger partial charge in [0.05, 0.1) is 0 Å². The van der Waals surface area contributed by atoms with Crippen LogP contribution >= 0.6 is 0 Å². The highest BCUT2D eigenvalue weighted by atomic mass is 16.3. The Labute approximate surface area is 274 Å². The van der Waals surface area contributed by atoms with Crippen molar-refractivity contribution in [3.8, 4) is 0 Å². The summed E-state index contributed by atoms with van der Waals surface area (Å²) in [6, 6.07) is 36.8. The molecule has 4 nitrogen and oxygen atoms in total. The molecule has 2 unspecified atom stereocenters. The van der Waals surface area contributed by atoms with Crippen LogP contribution in [-0.2, 0) is 0 Å². The number of aliphatic hydroxyl groups is 2. The summed E-state index contributed by atoms with van der Waals surface area (Å²) in [7, 11) is 0. The molecule has 0 saturated heterocycles. The molecule has 0 saturated carbocycles. The molecular weight excluding hydrogens is 564 g/mol. The van der Waals surface area contributed by atoms with Gasteiger partial charge >= 0.3 is 0 Å². The van der Waals surface area contributed by atoms with Gasteiger partial charge in [-0.3, -0.25) is 0 Å². The third-order valence-electron chi connectivity index (χ3n) is 9.25. The standard InChI is InChI=1S/C42H48N2O2/c1-25(2)28-7-13-31(14-8-28)40(34-19-21-38(43)36(23-34)41(45)32-15-9-29(10-16-32)26(3)4)35-20-22-39(44)37(24-35)42(46)33-17-11-30(12-18-33)27(5)6/h7-27,40-42,45-46H,43-44H2,1-6H3. The molecule has 5 rings (SSSR count). The van der Waals surface area contributed by atoms with Gasteiger partial charge in [0.25, 0.3) is 0 Å². The van der Waals surface area contributed by atoms with Gasteiger partial charge in [-0.2, -0.15) is 0 Å². The normalized spacial score (nSPS) is 13.7. The lowest BCUT2D eigenvalue weighted by Crippen LogP contribution is -2.10. The van der Waals surface area contributed by atoms with Gasteiger partial charge in [-0.1, -0.05) is 126 Å². The van der Waals surface area contributed by atoms with E-state index in [1.165, 1.54) is 16.7 Å². The molecule has 46 heavy (non-hydrogen) atoms. The van der Waals surface area contributed by atoms with Crippen LogP contribution in [0, 0.1) is 0 Å². The minimum atomic E-state index is -0.872. The Hall–Kier alpha value is -4.38. The number of hydrogen-bond acceptors (Lipinski definition) is 4. The van der Waals surface area contributed by atoms with E-state index in [9.17, 15) is 10.2 Å². The average molecular weight is 613 g/mol. The van der Waals surface area contributed by atoms with Crippen molar-refractivity contribution in [3.63, 3.8) is 0 Å². The third kappa shape index (κ3) is 7.04. The number of aliphatic hydroxyl groups excluding tert-OH is 2. The van der Waals surface area contributed by atoms with E-state index in [0.717, 1.165) is 27.8 Å². The molecule has 5 aromatic carbocycles. The van der Waals surface area contributed by atoms with Crippen LogP contribution in [0.4, 0.5) is 11.4 Å². The molecule has 238 valence electrons. The van der Waals surface area contributed by atoms with E-state index in [2.05, 4.69) is 90.1 Å². The van der Waals surface area contributed by atoms with Crippen LogP contribution in [0.5, 0.6) is 0 Å². The Morgan fingerprint density at radius 3 is 0.935 bits per heavy atom. The zero-order valence-electron chi connectivity index (χ0n) is 27.9. The average Bonchev–Trinajstić information content (AvgIpc) is 3.06. The van der Waals surface area contributed by atoms with Gasteiger partial charge in [-0.25, -0.2) is 0 Å². The van der Waals surface area contributed by atoms with Crippen molar-refractivity contribution in [1.29, 1.82) is 0 Å². The van der Waals surface area contributed by atoms with Crippen molar-refractivity contribution in [2.24, 2.45) is 0 Å². The first-order chi connectivity index (χ1) is 21.9. The Morgan fingerprint density at radius 1 is 0.370 bits per heavy atom. The quantitative estimate of drug-likeness (QED) is 0.0933. The molecule has 0 aliphatic heterocycles. The molecule has 0 fully saturated rings. The summed E-state index contributed by atoms with van der Waals surface area (Å²) in [6.45, 7) is 13.0. The number of benzene rings is 5. The van der Waals surface area contributed by atoms with E-state index in [1.54, 1.807) is 0 Å². The maximum atomic E-state index is 11.6. The topological polar surface area (TPSA) is 92.5 Å². The molecule has 0 radical (unpaired) electrons. The van der Waals surface area contributed by atoms with Crippen molar-refractivity contribution in [3.05, 3.63) is 165 Å². The predicted molar refractivity (Wildman–Crippen MR) is 192 cm³/mol. The second kappa shape index (κ2) is 13.9. The third-order valence-corrected chi connectivity index (χ3v) is 9.25. The SMILES string of the molecule is CC(C)c1ccc(C(O)c2cc(C(c3ccc(C(C)C)cc3)c3ccc(N)c(C(O)c4ccc(C(C)C)cc4)c3)ccc2N)cc1. The lowest BCUT2D eigenvalue weighted by atomic mass is 9.81. The molecule has 0 bridgehead atoms. The fraction of sp³-hybridized carbons (Fsp3) is 0.286. The van der Waals surface area contributed by atoms with Gasteiger partial charge in [-0.15, -0.1) is 0 Å². The summed E-state index contributed by atoms with van der Waals surface area (Å²) in [5, 5.41) is 23.1. The van der Waals surface area contributed by atoms with E-state index in [1.807, 2.05) is 60.7 Å². The molecule has 4 heteroatoms. The van der Waals surface area contributed by atoms with Crippen molar-refractivity contribution in [1.82, 2.24) is 0 Å². The van der Waals surface area contributed by atoms with Crippen molar-refractivity contribution in [2.45, 2.75) is 77.4 Å². The largest absolute Gasteiger partial charge is 0.398 e. The minimum absolute atomic E-state index is 0.189. The van der Waals surface area contributed by atoms with Crippen molar-refractivity contribution >= 4 is 11.4 Å². The van der Waals surface area contributed by atoms with Crippen LogP contribution in [0.15, 0.2) is 109 Å². The molecular formula is C42H48N2O2. The number of anilines is 2. The zero-order valence-corrected chi connectivity index (χ0v) is 27.9. The lowest BCUT2D eigenvalue weighted by Gasteiger charge is -2.24. The van der Waals surface area contributed by atoms with Gasteiger partial charge < -0.3 is 21.7 Å². The smallest absolute Gasteiger partial charge is 0.106 e. The summed E-state index contributed by atoms with van der Waals surface area (Å²) in [6.07, 6.45) is -1.74. The molecule has 0 aliphatic carbocycles. The lowest BCUT2D eigenvalue weighted by molar-refractivity contribution is 0.221. The molecule has 0 aliphatic rings. The second-order valence-corrected chi connectivity index (χ2v) is 13.5. The van der Waals surface area contributed by atoms with E-state index < -0.39 is 12.2 Å². The van der Waals surface area contributed by atoms with E-state index >= 15 is 0 Å². The van der Waals surface area contributed by atoms with Gasteiger partial charge in [0.2, 0.25) is 0 Å². The van der Waals surface area contributed by atoms with Crippen molar-refractivity contribution in [2.75, 3.05) is 11.5 Å². The highest BCUT2D eigenvalue weighted by Crippen LogP contribution is 2.39. The van der Waals surface area contributed by atoms with Crippen LogP contribution in [0.25, 0.3) is 0 Å². The van der Waals surface area contributed by atoms with Gasteiger partial charge in [-0.05, 0) is 86.5 Å². The highest BCUT2D eigenvalue weighted by Gasteiger charge is 2.24. The Morgan fingerprint density at radius 2 is 0.630 bits per heavy atom. The first kappa shape index (κ1) is 33.0. The highest BCUT2D eigenvalue weighted by molar-refractivity contribution is 5.59.